The van der Waals surface area contributed by atoms with Crippen molar-refractivity contribution in [2.24, 2.45) is 5.92 Å². The van der Waals surface area contributed by atoms with Crippen LogP contribution in [-0.2, 0) is 6.42 Å². The van der Waals surface area contributed by atoms with Gasteiger partial charge in [0.15, 0.2) is 6.10 Å². The number of hydrogen-bond acceptors (Lipinski definition) is 2. The number of halogens is 3. The molecule has 2 amide bonds. The van der Waals surface area contributed by atoms with Crippen molar-refractivity contribution in [3.63, 3.8) is 0 Å². The van der Waals surface area contributed by atoms with E-state index in [0.29, 0.717) is 0 Å². The number of carbonyl (C=O) groups excluding carboxylic acids is 1. The molecule has 1 aliphatic carbocycles. The molecule has 1 aromatic rings. The second kappa shape index (κ2) is 6.63. The van der Waals surface area contributed by atoms with E-state index in [4.69, 9.17) is 0 Å². The van der Waals surface area contributed by atoms with Gasteiger partial charge in [0.05, 0.1) is 6.04 Å². The number of aryl methyl sites for hydroxylation is 1. The molecular formula is C17H21F3N2O2. The summed E-state index contributed by atoms with van der Waals surface area (Å²) < 4.78 is 37.7. The first-order valence-electron chi connectivity index (χ1n) is 8.24. The first-order chi connectivity index (χ1) is 11.4. The van der Waals surface area contributed by atoms with Crippen LogP contribution in [0.4, 0.5) is 18.0 Å². The number of fused-ring (bicyclic) bond motifs is 1. The first kappa shape index (κ1) is 17.1. The minimum atomic E-state index is -4.59. The van der Waals surface area contributed by atoms with Crippen LogP contribution in [0.1, 0.15) is 36.4 Å². The van der Waals surface area contributed by atoms with E-state index in [0.717, 1.165) is 18.4 Å². The first-order valence-corrected chi connectivity index (χ1v) is 8.24. The monoisotopic (exact) mass is 342 g/mol. The molecular weight excluding hydrogens is 321 g/mol. The standard InChI is InChI=1S/C17H21F3N2O2/c18-17(19,20)15(23)12-7-9-22(10-8-12)16(24)21-14-6-5-11-3-1-2-4-13(11)14/h1-4,12,14-15,23H,5-10H2,(H,21,24)/t14-,15-/m0/s1. The molecule has 2 N–H and O–H groups in total. The van der Waals surface area contributed by atoms with Crippen molar-refractivity contribution in [1.82, 2.24) is 10.2 Å². The van der Waals surface area contributed by atoms with Crippen molar-refractivity contribution < 1.29 is 23.1 Å². The Labute approximate surface area is 138 Å². The van der Waals surface area contributed by atoms with Crippen molar-refractivity contribution in [2.75, 3.05) is 13.1 Å². The minimum absolute atomic E-state index is 0.0350. The normalized spacial score (nSPS) is 23.0. The predicted octanol–water partition coefficient (Wildman–Crippen LogP) is 3.02. The number of rotatable bonds is 2. The summed E-state index contributed by atoms with van der Waals surface area (Å²) in [7, 11) is 0. The molecule has 0 radical (unpaired) electrons. The maximum Gasteiger partial charge on any atom is 0.414 e. The minimum Gasteiger partial charge on any atom is -0.383 e. The Morgan fingerprint density at radius 1 is 1.21 bits per heavy atom. The largest absolute Gasteiger partial charge is 0.414 e. The Kier molecular flexibility index (Phi) is 4.71. The summed E-state index contributed by atoms with van der Waals surface area (Å²) in [6, 6.07) is 7.68. The topological polar surface area (TPSA) is 52.6 Å². The third-order valence-corrected chi connectivity index (χ3v) is 5.04. The van der Waals surface area contributed by atoms with Gasteiger partial charge in [0.2, 0.25) is 0 Å². The van der Waals surface area contributed by atoms with Gasteiger partial charge in [-0.3, -0.25) is 0 Å². The molecule has 3 rings (SSSR count). The summed E-state index contributed by atoms with van der Waals surface area (Å²) in [6.07, 6.45) is -4.81. The number of nitrogens with one attached hydrogen (secondary N) is 1. The maximum atomic E-state index is 12.6. The molecule has 2 aliphatic rings. The SMILES string of the molecule is O=C(N[C@H]1CCc2ccccc21)N1CCC([C@H](O)C(F)(F)F)CC1. The Bertz CT molecular complexity index is 598. The average molecular weight is 342 g/mol. The van der Waals surface area contributed by atoms with Crippen molar-refractivity contribution in [1.29, 1.82) is 0 Å². The van der Waals surface area contributed by atoms with Crippen LogP contribution >= 0.6 is 0 Å². The molecule has 2 atom stereocenters. The molecule has 0 bridgehead atoms. The molecule has 0 aromatic heterocycles. The fourth-order valence-electron chi connectivity index (χ4n) is 3.63. The summed E-state index contributed by atoms with van der Waals surface area (Å²) in [5.41, 5.74) is 2.35. The molecule has 24 heavy (non-hydrogen) atoms. The van der Waals surface area contributed by atoms with E-state index in [2.05, 4.69) is 5.32 Å². The van der Waals surface area contributed by atoms with E-state index < -0.39 is 18.2 Å². The summed E-state index contributed by atoms with van der Waals surface area (Å²) in [4.78, 5) is 13.9. The highest BCUT2D eigenvalue weighted by Gasteiger charge is 2.44. The van der Waals surface area contributed by atoms with Gasteiger partial charge < -0.3 is 15.3 Å². The molecule has 0 saturated carbocycles. The quantitative estimate of drug-likeness (QED) is 0.868. The van der Waals surface area contributed by atoms with E-state index in [1.165, 1.54) is 5.56 Å². The van der Waals surface area contributed by atoms with Gasteiger partial charge in [-0.2, -0.15) is 13.2 Å². The van der Waals surface area contributed by atoms with Gasteiger partial charge in [-0.05, 0) is 42.7 Å². The van der Waals surface area contributed by atoms with Gasteiger partial charge >= 0.3 is 12.2 Å². The third-order valence-electron chi connectivity index (χ3n) is 5.04. The van der Waals surface area contributed by atoms with Gasteiger partial charge in [0.25, 0.3) is 0 Å². The Morgan fingerprint density at radius 3 is 2.54 bits per heavy atom. The van der Waals surface area contributed by atoms with Crippen molar-refractivity contribution >= 4 is 6.03 Å². The number of piperidine rings is 1. The molecule has 1 aromatic carbocycles. The summed E-state index contributed by atoms with van der Waals surface area (Å²) in [5, 5.41) is 12.3. The lowest BCUT2D eigenvalue weighted by atomic mass is 9.91. The van der Waals surface area contributed by atoms with Crippen LogP contribution < -0.4 is 5.32 Å². The van der Waals surface area contributed by atoms with Crippen LogP contribution in [0.3, 0.4) is 0 Å². The van der Waals surface area contributed by atoms with Gasteiger partial charge in [-0.15, -0.1) is 0 Å². The summed E-state index contributed by atoms with van der Waals surface area (Å²) in [6.45, 7) is 0.468. The predicted molar refractivity (Wildman–Crippen MR) is 82.4 cm³/mol. The lowest BCUT2D eigenvalue weighted by Crippen LogP contribution is -2.48. The molecule has 1 saturated heterocycles. The van der Waals surface area contributed by atoms with Gasteiger partial charge in [0, 0.05) is 13.1 Å². The number of alkyl halides is 3. The van der Waals surface area contributed by atoms with Gasteiger partial charge in [0.1, 0.15) is 0 Å². The molecule has 1 aliphatic heterocycles. The van der Waals surface area contributed by atoms with E-state index in [1.54, 1.807) is 4.90 Å². The summed E-state index contributed by atoms with van der Waals surface area (Å²) in [5.74, 6) is -0.832. The number of nitrogens with zero attached hydrogens (tertiary/aromatic N) is 1. The smallest absolute Gasteiger partial charge is 0.383 e. The number of aliphatic hydroxyl groups is 1. The number of aliphatic hydroxyl groups excluding tert-OH is 1. The molecule has 132 valence electrons. The number of hydrogen-bond donors (Lipinski definition) is 2. The van der Waals surface area contributed by atoms with E-state index >= 15 is 0 Å². The second-order valence-electron chi connectivity index (χ2n) is 6.55. The highest BCUT2D eigenvalue weighted by atomic mass is 19.4. The zero-order valence-electron chi connectivity index (χ0n) is 13.2. The second-order valence-corrected chi connectivity index (χ2v) is 6.55. The molecule has 1 heterocycles. The van der Waals surface area contributed by atoms with Crippen LogP contribution in [0, 0.1) is 5.92 Å². The van der Waals surface area contributed by atoms with Crippen LogP contribution in [0.15, 0.2) is 24.3 Å². The zero-order chi connectivity index (χ0) is 17.3. The molecule has 0 unspecified atom stereocenters. The lowest BCUT2D eigenvalue weighted by molar-refractivity contribution is -0.222. The number of benzene rings is 1. The molecule has 1 fully saturated rings. The van der Waals surface area contributed by atoms with E-state index in [-0.39, 0.29) is 38.0 Å². The average Bonchev–Trinajstić information content (AvgIpc) is 2.96. The Morgan fingerprint density at radius 2 is 1.88 bits per heavy atom. The molecule has 7 heteroatoms. The van der Waals surface area contributed by atoms with Crippen LogP contribution in [0.25, 0.3) is 0 Å². The highest BCUT2D eigenvalue weighted by molar-refractivity contribution is 5.75. The van der Waals surface area contributed by atoms with Crippen LogP contribution in [0.2, 0.25) is 0 Å². The maximum absolute atomic E-state index is 12.6. The number of likely N-dealkylation sites (tertiary alicyclic amines) is 1. The van der Waals surface area contributed by atoms with Gasteiger partial charge in [-0.25, -0.2) is 4.79 Å². The zero-order valence-corrected chi connectivity index (χ0v) is 13.2. The number of carbonyl (C=O) groups is 1. The van der Waals surface area contributed by atoms with E-state index in [1.807, 2.05) is 24.3 Å². The van der Waals surface area contributed by atoms with Crippen molar-refractivity contribution in [3.8, 4) is 0 Å². The molecule has 0 spiro atoms. The van der Waals surface area contributed by atoms with Crippen LogP contribution in [0.5, 0.6) is 0 Å². The fourth-order valence-corrected chi connectivity index (χ4v) is 3.63. The Hall–Kier alpha value is -1.76. The summed E-state index contributed by atoms with van der Waals surface area (Å²) >= 11 is 0. The van der Waals surface area contributed by atoms with E-state index in [9.17, 15) is 23.1 Å². The lowest BCUT2D eigenvalue weighted by Gasteiger charge is -2.35. The van der Waals surface area contributed by atoms with Crippen LogP contribution in [-0.4, -0.2) is 41.4 Å². The highest BCUT2D eigenvalue weighted by Crippen LogP contribution is 2.33. The molecule has 4 nitrogen and oxygen atoms in total. The van der Waals surface area contributed by atoms with Gasteiger partial charge in [-0.1, -0.05) is 24.3 Å². The van der Waals surface area contributed by atoms with Crippen molar-refractivity contribution in [2.45, 2.75) is 44.0 Å². The third kappa shape index (κ3) is 3.50. The Balaban J connectivity index is 1.53. The number of urea groups is 1. The van der Waals surface area contributed by atoms with Crippen molar-refractivity contribution in [3.05, 3.63) is 35.4 Å². The fraction of sp³-hybridized carbons (Fsp3) is 0.588. The number of amides is 2.